The van der Waals surface area contributed by atoms with Crippen molar-refractivity contribution in [2.24, 2.45) is 4.99 Å². The standard InChI is InChI=1S/C16H16N2S/c1-13-6-5-9-15(12-13)18-10-11-19-16(18)17-14-7-3-2-4-8-14/h2-9,12H,10-11H2,1H3. The Labute approximate surface area is 118 Å². The minimum atomic E-state index is 1.02. The van der Waals surface area contributed by atoms with Crippen LogP contribution in [0.1, 0.15) is 5.56 Å². The number of thioether (sulfide) groups is 1. The van der Waals surface area contributed by atoms with Crippen LogP contribution in [0.2, 0.25) is 0 Å². The Morgan fingerprint density at radius 1 is 1.05 bits per heavy atom. The Morgan fingerprint density at radius 2 is 1.89 bits per heavy atom. The highest BCUT2D eigenvalue weighted by molar-refractivity contribution is 8.14. The Morgan fingerprint density at radius 3 is 2.68 bits per heavy atom. The molecule has 0 bridgehead atoms. The third-order valence-electron chi connectivity index (χ3n) is 3.07. The fourth-order valence-electron chi connectivity index (χ4n) is 2.14. The van der Waals surface area contributed by atoms with Crippen LogP contribution in [0.3, 0.4) is 0 Å². The Hall–Kier alpha value is -1.74. The third-order valence-corrected chi connectivity index (χ3v) is 4.03. The molecule has 19 heavy (non-hydrogen) atoms. The maximum atomic E-state index is 4.75. The zero-order valence-corrected chi connectivity index (χ0v) is 11.7. The second-order valence-electron chi connectivity index (χ2n) is 4.57. The van der Waals surface area contributed by atoms with Crippen LogP contribution in [-0.4, -0.2) is 17.5 Å². The van der Waals surface area contributed by atoms with E-state index in [2.05, 4.69) is 36.1 Å². The summed E-state index contributed by atoms with van der Waals surface area (Å²) >= 11 is 1.82. The first kappa shape index (κ1) is 12.3. The second-order valence-corrected chi connectivity index (χ2v) is 5.63. The maximum absolute atomic E-state index is 4.75. The van der Waals surface area contributed by atoms with Crippen LogP contribution in [-0.2, 0) is 0 Å². The predicted octanol–water partition coefficient (Wildman–Crippen LogP) is 4.24. The summed E-state index contributed by atoms with van der Waals surface area (Å²) in [4.78, 5) is 7.05. The van der Waals surface area contributed by atoms with Gasteiger partial charge >= 0.3 is 0 Å². The Balaban J connectivity index is 1.92. The molecule has 0 saturated carbocycles. The van der Waals surface area contributed by atoms with Crippen molar-refractivity contribution in [3.05, 3.63) is 60.2 Å². The van der Waals surface area contributed by atoms with Crippen LogP contribution < -0.4 is 4.90 Å². The van der Waals surface area contributed by atoms with Gasteiger partial charge in [-0.3, -0.25) is 0 Å². The number of hydrogen-bond donors (Lipinski definition) is 0. The van der Waals surface area contributed by atoms with Crippen molar-refractivity contribution in [2.45, 2.75) is 6.92 Å². The average Bonchev–Trinajstić information content (AvgIpc) is 2.88. The van der Waals surface area contributed by atoms with Crippen molar-refractivity contribution in [3.8, 4) is 0 Å². The molecule has 1 heterocycles. The van der Waals surface area contributed by atoms with Crippen molar-refractivity contribution in [1.29, 1.82) is 0 Å². The molecule has 2 aromatic carbocycles. The first-order chi connectivity index (χ1) is 9.33. The number of nitrogens with zero attached hydrogens (tertiary/aromatic N) is 2. The van der Waals surface area contributed by atoms with Gasteiger partial charge in [-0.15, -0.1) is 0 Å². The summed E-state index contributed by atoms with van der Waals surface area (Å²) in [6, 6.07) is 18.7. The van der Waals surface area contributed by atoms with Gasteiger partial charge in [0.25, 0.3) is 0 Å². The molecule has 0 amide bonds. The summed E-state index contributed by atoms with van der Waals surface area (Å²) in [5.41, 5.74) is 3.54. The molecule has 0 radical (unpaired) electrons. The van der Waals surface area contributed by atoms with E-state index in [0.29, 0.717) is 0 Å². The van der Waals surface area contributed by atoms with Gasteiger partial charge in [0.1, 0.15) is 0 Å². The lowest BCUT2D eigenvalue weighted by molar-refractivity contribution is 1.10. The Bertz CT molecular complexity index is 593. The van der Waals surface area contributed by atoms with Crippen LogP contribution in [0.15, 0.2) is 59.6 Å². The molecule has 3 rings (SSSR count). The summed E-state index contributed by atoms with van der Waals surface area (Å²) in [6.07, 6.45) is 0. The summed E-state index contributed by atoms with van der Waals surface area (Å²) < 4.78 is 0. The van der Waals surface area contributed by atoms with E-state index in [0.717, 1.165) is 23.2 Å². The fraction of sp³-hybridized carbons (Fsp3) is 0.188. The van der Waals surface area contributed by atoms with Gasteiger partial charge in [0.05, 0.1) is 5.69 Å². The minimum Gasteiger partial charge on any atom is -0.320 e. The highest BCUT2D eigenvalue weighted by atomic mass is 32.2. The Kier molecular flexibility index (Phi) is 3.56. The molecule has 1 aliphatic rings. The van der Waals surface area contributed by atoms with Crippen molar-refractivity contribution < 1.29 is 0 Å². The maximum Gasteiger partial charge on any atom is 0.168 e. The molecular weight excluding hydrogens is 252 g/mol. The SMILES string of the molecule is Cc1cccc(N2CCSC2=Nc2ccccc2)c1. The first-order valence-electron chi connectivity index (χ1n) is 6.44. The average molecular weight is 268 g/mol. The molecule has 0 spiro atoms. The van der Waals surface area contributed by atoms with Gasteiger partial charge in [-0.25, -0.2) is 4.99 Å². The van der Waals surface area contributed by atoms with Gasteiger partial charge in [0.15, 0.2) is 5.17 Å². The molecule has 1 aliphatic heterocycles. The number of benzene rings is 2. The van der Waals surface area contributed by atoms with E-state index in [1.807, 2.05) is 42.1 Å². The first-order valence-corrected chi connectivity index (χ1v) is 7.42. The number of aryl methyl sites for hydroxylation is 1. The number of para-hydroxylation sites is 1. The third kappa shape index (κ3) is 2.82. The van der Waals surface area contributed by atoms with Crippen molar-refractivity contribution in [1.82, 2.24) is 0 Å². The van der Waals surface area contributed by atoms with Gasteiger partial charge in [-0.2, -0.15) is 0 Å². The summed E-state index contributed by atoms with van der Waals surface area (Å²) in [5, 5.41) is 1.09. The highest BCUT2D eigenvalue weighted by Gasteiger charge is 2.20. The largest absolute Gasteiger partial charge is 0.320 e. The van der Waals surface area contributed by atoms with Crippen LogP contribution in [0.4, 0.5) is 11.4 Å². The van der Waals surface area contributed by atoms with Gasteiger partial charge < -0.3 is 4.90 Å². The number of amidine groups is 1. The fourth-order valence-corrected chi connectivity index (χ4v) is 3.12. The van der Waals surface area contributed by atoms with E-state index in [9.17, 15) is 0 Å². The predicted molar refractivity (Wildman–Crippen MR) is 84.5 cm³/mol. The molecule has 1 fully saturated rings. The summed E-state index contributed by atoms with van der Waals surface area (Å²) in [6.45, 7) is 3.15. The van der Waals surface area contributed by atoms with Crippen LogP contribution in [0, 0.1) is 6.92 Å². The van der Waals surface area contributed by atoms with Crippen LogP contribution in [0.25, 0.3) is 0 Å². The summed E-state index contributed by atoms with van der Waals surface area (Å²) in [5.74, 6) is 1.10. The smallest absolute Gasteiger partial charge is 0.168 e. The lowest BCUT2D eigenvalue weighted by Gasteiger charge is -2.18. The molecule has 1 saturated heterocycles. The zero-order chi connectivity index (χ0) is 13.1. The lowest BCUT2D eigenvalue weighted by atomic mass is 10.2. The quantitative estimate of drug-likeness (QED) is 0.809. The minimum absolute atomic E-state index is 1.02. The molecule has 3 heteroatoms. The van der Waals surface area contributed by atoms with E-state index in [1.54, 1.807) is 0 Å². The van der Waals surface area contributed by atoms with Gasteiger partial charge in [0.2, 0.25) is 0 Å². The zero-order valence-electron chi connectivity index (χ0n) is 10.9. The van der Waals surface area contributed by atoms with Gasteiger partial charge in [0, 0.05) is 18.0 Å². The number of aliphatic imine (C=N–C) groups is 1. The molecule has 0 N–H and O–H groups in total. The lowest BCUT2D eigenvalue weighted by Crippen LogP contribution is -2.23. The van der Waals surface area contributed by atoms with E-state index in [1.165, 1.54) is 11.3 Å². The normalized spacial score (nSPS) is 17.1. The molecule has 2 nitrogen and oxygen atoms in total. The molecule has 2 aromatic rings. The molecule has 96 valence electrons. The molecule has 0 aromatic heterocycles. The molecular formula is C16H16N2S. The summed E-state index contributed by atoms with van der Waals surface area (Å²) in [7, 11) is 0. The van der Waals surface area contributed by atoms with Crippen molar-refractivity contribution in [2.75, 3.05) is 17.2 Å². The van der Waals surface area contributed by atoms with Crippen LogP contribution in [0.5, 0.6) is 0 Å². The highest BCUT2D eigenvalue weighted by Crippen LogP contribution is 2.28. The molecule has 0 unspecified atom stereocenters. The van der Waals surface area contributed by atoms with Gasteiger partial charge in [-0.05, 0) is 36.8 Å². The second kappa shape index (κ2) is 5.49. The number of anilines is 1. The van der Waals surface area contributed by atoms with Crippen molar-refractivity contribution >= 4 is 28.3 Å². The van der Waals surface area contributed by atoms with E-state index >= 15 is 0 Å². The van der Waals surface area contributed by atoms with Crippen molar-refractivity contribution in [3.63, 3.8) is 0 Å². The van der Waals surface area contributed by atoms with E-state index in [4.69, 9.17) is 4.99 Å². The molecule has 0 atom stereocenters. The van der Waals surface area contributed by atoms with Crippen LogP contribution >= 0.6 is 11.8 Å². The topological polar surface area (TPSA) is 15.6 Å². The molecule has 0 aliphatic carbocycles. The van der Waals surface area contributed by atoms with E-state index in [-0.39, 0.29) is 0 Å². The number of hydrogen-bond acceptors (Lipinski definition) is 2. The van der Waals surface area contributed by atoms with E-state index < -0.39 is 0 Å². The van der Waals surface area contributed by atoms with Gasteiger partial charge in [-0.1, -0.05) is 42.1 Å². The number of rotatable bonds is 2. The monoisotopic (exact) mass is 268 g/mol.